The minimum Gasteiger partial charge on any atom is -0.370 e. The molecule has 0 bridgehead atoms. The number of pyridine rings is 1. The smallest absolute Gasteiger partial charge is 0.220 e. The summed E-state index contributed by atoms with van der Waals surface area (Å²) in [5.41, 5.74) is 12.6. The number of aliphatic imine (C=N–C) groups is 1. The highest BCUT2D eigenvalue weighted by atomic mass is 32.2. The third-order valence-electron chi connectivity index (χ3n) is 4.81. The van der Waals surface area contributed by atoms with Gasteiger partial charge in [-0.3, -0.25) is 4.79 Å². The number of hydrogen-bond acceptors (Lipinski definition) is 5. The summed E-state index contributed by atoms with van der Waals surface area (Å²) >= 11 is 1.95. The summed E-state index contributed by atoms with van der Waals surface area (Å²) in [5.74, 6) is 3.54. The zero-order valence-corrected chi connectivity index (χ0v) is 15.2. The van der Waals surface area contributed by atoms with Crippen molar-refractivity contribution in [2.75, 3.05) is 42.6 Å². The number of nitrogens with zero attached hydrogens (tertiary/aromatic N) is 4. The molecule has 2 aliphatic rings. The highest BCUT2D eigenvalue weighted by Crippen LogP contribution is 2.25. The summed E-state index contributed by atoms with van der Waals surface area (Å²) < 4.78 is 0. The summed E-state index contributed by atoms with van der Waals surface area (Å²) in [6.45, 7) is 4.02. The van der Waals surface area contributed by atoms with Gasteiger partial charge in [0.15, 0.2) is 5.96 Å². The molecule has 7 nitrogen and oxygen atoms in total. The molecular formula is C17H26N6OS. The summed E-state index contributed by atoms with van der Waals surface area (Å²) in [5, 5.41) is 0. The fourth-order valence-electron chi connectivity index (χ4n) is 3.27. The van der Waals surface area contributed by atoms with Crippen LogP contribution in [0, 0.1) is 5.92 Å². The standard InChI is InChI=1S/C17H26N6OS/c18-15(24)13-3-6-22(7-4-13)16-14(2-1-5-20-16)12-21-17(19)23-8-10-25-11-9-23/h1-2,5,13H,3-4,6-12H2,(H2,18,24)(H2,19,21). The number of aromatic nitrogens is 1. The predicted octanol–water partition coefficient (Wildman–Crippen LogP) is 0.647. The maximum Gasteiger partial charge on any atom is 0.220 e. The van der Waals surface area contributed by atoms with E-state index < -0.39 is 0 Å². The van der Waals surface area contributed by atoms with Crippen LogP contribution >= 0.6 is 11.8 Å². The van der Waals surface area contributed by atoms with Crippen molar-refractivity contribution < 1.29 is 4.79 Å². The molecule has 0 aliphatic carbocycles. The van der Waals surface area contributed by atoms with Crippen LogP contribution < -0.4 is 16.4 Å². The van der Waals surface area contributed by atoms with Gasteiger partial charge in [-0.05, 0) is 18.9 Å². The van der Waals surface area contributed by atoms with E-state index >= 15 is 0 Å². The molecule has 1 aromatic heterocycles. The molecule has 8 heteroatoms. The molecule has 0 saturated carbocycles. The van der Waals surface area contributed by atoms with Crippen LogP contribution in [0.2, 0.25) is 0 Å². The third kappa shape index (κ3) is 4.56. The van der Waals surface area contributed by atoms with Crippen LogP contribution in [0.15, 0.2) is 23.3 Å². The van der Waals surface area contributed by atoms with E-state index in [1.165, 1.54) is 0 Å². The highest BCUT2D eigenvalue weighted by Gasteiger charge is 2.25. The van der Waals surface area contributed by atoms with E-state index in [0.717, 1.165) is 61.9 Å². The largest absolute Gasteiger partial charge is 0.370 e. The number of thioether (sulfide) groups is 1. The molecule has 2 saturated heterocycles. The Morgan fingerprint density at radius 1 is 1.24 bits per heavy atom. The molecule has 1 amide bonds. The first-order chi connectivity index (χ1) is 12.1. The van der Waals surface area contributed by atoms with E-state index in [1.807, 2.05) is 23.9 Å². The lowest BCUT2D eigenvalue weighted by atomic mass is 9.96. The minimum absolute atomic E-state index is 0.0194. The molecule has 2 fully saturated rings. The van der Waals surface area contributed by atoms with E-state index in [-0.39, 0.29) is 11.8 Å². The molecule has 0 aromatic carbocycles. The molecule has 136 valence electrons. The van der Waals surface area contributed by atoms with Crippen molar-refractivity contribution in [2.24, 2.45) is 22.4 Å². The Labute approximate surface area is 152 Å². The van der Waals surface area contributed by atoms with Gasteiger partial charge < -0.3 is 21.3 Å². The Balaban J connectivity index is 1.66. The zero-order valence-electron chi connectivity index (χ0n) is 14.4. The van der Waals surface area contributed by atoms with E-state index in [0.29, 0.717) is 12.5 Å². The second-order valence-electron chi connectivity index (χ2n) is 6.42. The number of anilines is 1. The Hall–Kier alpha value is -1.96. The number of amides is 1. The lowest BCUT2D eigenvalue weighted by Crippen LogP contribution is -2.42. The topological polar surface area (TPSA) is 101 Å². The number of hydrogen-bond donors (Lipinski definition) is 2. The first kappa shape index (κ1) is 17.8. The third-order valence-corrected chi connectivity index (χ3v) is 5.75. The maximum atomic E-state index is 11.3. The number of nitrogens with two attached hydrogens (primary N) is 2. The first-order valence-electron chi connectivity index (χ1n) is 8.76. The molecule has 4 N–H and O–H groups in total. The number of carbonyl (C=O) groups excluding carboxylic acids is 1. The van der Waals surface area contributed by atoms with E-state index in [4.69, 9.17) is 11.5 Å². The van der Waals surface area contributed by atoms with Crippen LogP contribution in [0.1, 0.15) is 18.4 Å². The summed E-state index contributed by atoms with van der Waals surface area (Å²) in [7, 11) is 0. The Morgan fingerprint density at radius 2 is 1.96 bits per heavy atom. The number of guanidine groups is 1. The van der Waals surface area contributed by atoms with Crippen LogP contribution in [-0.2, 0) is 11.3 Å². The number of primary amides is 1. The van der Waals surface area contributed by atoms with Gasteiger partial charge in [-0.1, -0.05) is 6.07 Å². The van der Waals surface area contributed by atoms with Crippen LogP contribution in [-0.4, -0.2) is 59.4 Å². The SMILES string of the molecule is NC(=O)C1CCN(c2ncccc2CN=C(N)N2CCSCC2)CC1. The van der Waals surface area contributed by atoms with E-state index in [2.05, 4.69) is 19.8 Å². The Bertz CT molecular complexity index is 623. The van der Waals surface area contributed by atoms with E-state index in [9.17, 15) is 4.79 Å². The second-order valence-corrected chi connectivity index (χ2v) is 7.65. The van der Waals surface area contributed by atoms with Crippen LogP contribution in [0.4, 0.5) is 5.82 Å². The predicted molar refractivity (Wildman–Crippen MR) is 103 cm³/mol. The van der Waals surface area contributed by atoms with Gasteiger partial charge in [0, 0.05) is 55.4 Å². The van der Waals surface area contributed by atoms with Gasteiger partial charge in [-0.15, -0.1) is 0 Å². The van der Waals surface area contributed by atoms with Crippen molar-refractivity contribution in [3.05, 3.63) is 23.9 Å². The zero-order chi connectivity index (χ0) is 17.6. The summed E-state index contributed by atoms with van der Waals surface area (Å²) in [6, 6.07) is 3.98. The first-order valence-corrected chi connectivity index (χ1v) is 9.91. The van der Waals surface area contributed by atoms with Gasteiger partial charge in [0.25, 0.3) is 0 Å². The van der Waals surface area contributed by atoms with Crippen molar-refractivity contribution >= 4 is 29.4 Å². The fourth-order valence-corrected chi connectivity index (χ4v) is 4.18. The minimum atomic E-state index is -0.196. The van der Waals surface area contributed by atoms with Crippen molar-refractivity contribution in [1.29, 1.82) is 0 Å². The van der Waals surface area contributed by atoms with Gasteiger partial charge in [0.2, 0.25) is 5.91 Å². The lowest BCUT2D eigenvalue weighted by Gasteiger charge is -2.32. The van der Waals surface area contributed by atoms with Crippen molar-refractivity contribution in [1.82, 2.24) is 9.88 Å². The lowest BCUT2D eigenvalue weighted by molar-refractivity contribution is -0.122. The molecule has 2 aliphatic heterocycles. The van der Waals surface area contributed by atoms with Gasteiger partial charge in [0.05, 0.1) is 6.54 Å². The molecule has 0 unspecified atom stereocenters. The number of piperidine rings is 1. The quantitative estimate of drug-likeness (QED) is 0.602. The fraction of sp³-hybridized carbons (Fsp3) is 0.588. The average Bonchev–Trinajstić information content (AvgIpc) is 2.67. The average molecular weight is 363 g/mol. The molecule has 0 radical (unpaired) electrons. The van der Waals surface area contributed by atoms with Crippen LogP contribution in [0.3, 0.4) is 0 Å². The van der Waals surface area contributed by atoms with Crippen LogP contribution in [0.25, 0.3) is 0 Å². The van der Waals surface area contributed by atoms with Gasteiger partial charge in [-0.25, -0.2) is 9.98 Å². The van der Waals surface area contributed by atoms with Crippen LogP contribution in [0.5, 0.6) is 0 Å². The van der Waals surface area contributed by atoms with Crippen molar-refractivity contribution in [3.8, 4) is 0 Å². The molecule has 3 rings (SSSR count). The highest BCUT2D eigenvalue weighted by molar-refractivity contribution is 7.99. The maximum absolute atomic E-state index is 11.3. The Kier molecular flexibility index (Phi) is 6.01. The van der Waals surface area contributed by atoms with Gasteiger partial charge >= 0.3 is 0 Å². The molecular weight excluding hydrogens is 336 g/mol. The van der Waals surface area contributed by atoms with E-state index in [1.54, 1.807) is 6.20 Å². The normalized spacial score (nSPS) is 19.9. The van der Waals surface area contributed by atoms with Gasteiger partial charge in [0.1, 0.15) is 5.82 Å². The number of carbonyl (C=O) groups is 1. The summed E-state index contributed by atoms with van der Waals surface area (Å²) in [6.07, 6.45) is 3.36. The molecule has 0 atom stereocenters. The number of rotatable bonds is 4. The van der Waals surface area contributed by atoms with Crippen molar-refractivity contribution in [3.63, 3.8) is 0 Å². The van der Waals surface area contributed by atoms with Gasteiger partial charge in [-0.2, -0.15) is 11.8 Å². The summed E-state index contributed by atoms with van der Waals surface area (Å²) in [4.78, 5) is 24.8. The molecule has 25 heavy (non-hydrogen) atoms. The molecule has 1 aromatic rings. The monoisotopic (exact) mass is 362 g/mol. The molecule has 0 spiro atoms. The van der Waals surface area contributed by atoms with Crippen molar-refractivity contribution in [2.45, 2.75) is 19.4 Å². The molecule has 3 heterocycles. The Morgan fingerprint density at radius 3 is 2.64 bits per heavy atom. The second kappa shape index (κ2) is 8.42.